The predicted octanol–water partition coefficient (Wildman–Crippen LogP) is 2.30. The van der Waals surface area contributed by atoms with Gasteiger partial charge in [0, 0.05) is 17.7 Å². The van der Waals surface area contributed by atoms with Crippen molar-refractivity contribution in [3.05, 3.63) is 38.7 Å². The van der Waals surface area contributed by atoms with Gasteiger partial charge in [0.25, 0.3) is 0 Å². The second-order valence-corrected chi connectivity index (χ2v) is 3.68. The Balaban J connectivity index is 2.54. The quantitative estimate of drug-likeness (QED) is 0.586. The average Bonchev–Trinajstić information content (AvgIpc) is 2.61. The van der Waals surface area contributed by atoms with Gasteiger partial charge in [0.1, 0.15) is 0 Å². The molecule has 0 spiro atoms. The molecule has 0 atom stereocenters. The summed E-state index contributed by atoms with van der Waals surface area (Å²) in [7, 11) is 0. The molecule has 2 rings (SSSR count). The fraction of sp³-hybridized carbons (Fsp3) is 0. The number of fused-ring (bicyclic) bond motifs is 1. The fourth-order valence-corrected chi connectivity index (χ4v) is 2.06. The third kappa shape index (κ3) is 1.49. The monoisotopic (exact) mass is 229 g/mol. The summed E-state index contributed by atoms with van der Waals surface area (Å²) in [5.74, 6) is 0. The van der Waals surface area contributed by atoms with Crippen LogP contribution in [0, 0.1) is 10.1 Å². The molecule has 5 nitrogen and oxygen atoms in total. The van der Waals surface area contributed by atoms with Crippen LogP contribution in [-0.4, -0.2) is 14.3 Å². The number of hydrogen-bond acceptors (Lipinski definition) is 4. The van der Waals surface area contributed by atoms with Crippen molar-refractivity contribution in [3.63, 3.8) is 0 Å². The van der Waals surface area contributed by atoms with Crippen molar-refractivity contribution in [1.82, 2.24) is 9.38 Å². The maximum absolute atomic E-state index is 10.1. The normalized spacial score (nSPS) is 11.5. The zero-order valence-electron chi connectivity index (χ0n) is 6.75. The van der Waals surface area contributed by atoms with Crippen LogP contribution in [0.1, 0.15) is 5.69 Å². The summed E-state index contributed by atoms with van der Waals surface area (Å²) in [5, 5.41) is 12.2. The van der Waals surface area contributed by atoms with Crippen molar-refractivity contribution in [2.45, 2.75) is 0 Å². The molecule has 2 aromatic heterocycles. The van der Waals surface area contributed by atoms with Crippen molar-refractivity contribution < 1.29 is 4.92 Å². The first-order valence-corrected chi connectivity index (χ1v) is 4.87. The van der Waals surface area contributed by atoms with Crippen LogP contribution < -0.4 is 0 Å². The van der Waals surface area contributed by atoms with E-state index in [2.05, 4.69) is 4.98 Å². The molecule has 0 bridgehead atoms. The molecule has 0 aliphatic rings. The fourth-order valence-electron chi connectivity index (χ4n) is 1.06. The highest BCUT2D eigenvalue weighted by Crippen LogP contribution is 2.22. The van der Waals surface area contributed by atoms with Crippen LogP contribution in [0.25, 0.3) is 11.0 Å². The summed E-state index contributed by atoms with van der Waals surface area (Å²) in [5.41, 5.74) is 0.527. The second kappa shape index (κ2) is 3.39. The van der Waals surface area contributed by atoms with Gasteiger partial charge in [0.2, 0.25) is 6.20 Å². The van der Waals surface area contributed by atoms with Gasteiger partial charge in [0.05, 0.1) is 10.6 Å². The molecule has 0 unspecified atom stereocenters. The highest BCUT2D eigenvalue weighted by atomic mass is 35.5. The molecule has 2 heterocycles. The molecule has 0 saturated heterocycles. The van der Waals surface area contributed by atoms with Gasteiger partial charge in [-0.25, -0.2) is 4.98 Å². The first-order valence-electron chi connectivity index (χ1n) is 3.61. The lowest BCUT2D eigenvalue weighted by atomic mass is 10.4. The summed E-state index contributed by atoms with van der Waals surface area (Å²) in [6.07, 6.45) is 3.93. The van der Waals surface area contributed by atoms with E-state index < -0.39 is 4.92 Å². The van der Waals surface area contributed by atoms with E-state index in [1.807, 2.05) is 5.38 Å². The number of thiazole rings is 1. The maximum Gasteiger partial charge on any atom is 0.236 e. The zero-order chi connectivity index (χ0) is 10.1. The first kappa shape index (κ1) is 9.17. The largest absolute Gasteiger partial charge is 0.289 e. The minimum absolute atomic E-state index is 0.273. The first-order chi connectivity index (χ1) is 6.68. The van der Waals surface area contributed by atoms with E-state index >= 15 is 0 Å². The second-order valence-electron chi connectivity index (χ2n) is 2.44. The number of nitro groups is 1. The third-order valence-electron chi connectivity index (χ3n) is 1.61. The molecule has 72 valence electrons. The molecule has 7 heteroatoms. The number of aromatic nitrogens is 2. The van der Waals surface area contributed by atoms with Gasteiger partial charge < -0.3 is 0 Å². The van der Waals surface area contributed by atoms with Crippen molar-refractivity contribution in [3.8, 4) is 0 Å². The highest BCUT2D eigenvalue weighted by Gasteiger charge is 2.08. The Labute approximate surface area is 87.4 Å². The van der Waals surface area contributed by atoms with E-state index in [1.165, 1.54) is 17.4 Å². The topological polar surface area (TPSA) is 60.4 Å². The van der Waals surface area contributed by atoms with E-state index in [0.717, 1.165) is 11.2 Å². The highest BCUT2D eigenvalue weighted by molar-refractivity contribution is 7.15. The number of halogens is 1. The Morgan fingerprint density at radius 2 is 2.50 bits per heavy atom. The molecule has 0 aliphatic heterocycles. The molecular formula is C7H4ClN3O2S. The Morgan fingerprint density at radius 3 is 3.21 bits per heavy atom. The molecule has 2 aromatic rings. The Kier molecular flexibility index (Phi) is 2.22. The van der Waals surface area contributed by atoms with Gasteiger partial charge >= 0.3 is 0 Å². The number of hydrogen-bond donors (Lipinski definition) is 0. The summed E-state index contributed by atoms with van der Waals surface area (Å²) < 4.78 is 1.70. The summed E-state index contributed by atoms with van der Waals surface area (Å²) in [4.78, 5) is 14.3. The summed E-state index contributed by atoms with van der Waals surface area (Å²) in [6.45, 7) is 0. The number of nitrogens with zero attached hydrogens (tertiary/aromatic N) is 3. The van der Waals surface area contributed by atoms with Crippen molar-refractivity contribution in [2.24, 2.45) is 0 Å². The van der Waals surface area contributed by atoms with Crippen molar-refractivity contribution in [2.75, 3.05) is 0 Å². The zero-order valence-corrected chi connectivity index (χ0v) is 8.33. The molecule has 0 aromatic carbocycles. The maximum atomic E-state index is 10.1. The van der Waals surface area contributed by atoms with Gasteiger partial charge in [0.15, 0.2) is 10.1 Å². The molecule has 0 N–H and O–H groups in total. The van der Waals surface area contributed by atoms with Gasteiger partial charge in [-0.1, -0.05) is 11.6 Å². The third-order valence-corrected chi connectivity index (χ3v) is 2.64. The molecule has 14 heavy (non-hydrogen) atoms. The van der Waals surface area contributed by atoms with Crippen LogP contribution >= 0.6 is 22.9 Å². The average molecular weight is 230 g/mol. The molecule has 0 saturated carbocycles. The summed E-state index contributed by atoms with van der Waals surface area (Å²) >= 11 is 7.21. The Bertz CT molecular complexity index is 516. The minimum Gasteiger partial charge on any atom is -0.289 e. The predicted molar refractivity (Wildman–Crippen MR) is 54.1 cm³/mol. The lowest BCUT2D eigenvalue weighted by Gasteiger charge is -1.87. The van der Waals surface area contributed by atoms with Crippen molar-refractivity contribution in [1.29, 1.82) is 0 Å². The van der Waals surface area contributed by atoms with Crippen LogP contribution in [0.15, 0.2) is 17.8 Å². The lowest BCUT2D eigenvalue weighted by molar-refractivity contribution is -0.401. The van der Waals surface area contributed by atoms with E-state index in [9.17, 15) is 10.1 Å². The van der Waals surface area contributed by atoms with Crippen LogP contribution in [0.4, 0.5) is 0 Å². The van der Waals surface area contributed by atoms with E-state index in [1.54, 1.807) is 10.6 Å². The smallest absolute Gasteiger partial charge is 0.236 e. The van der Waals surface area contributed by atoms with Crippen LogP contribution in [-0.2, 0) is 0 Å². The van der Waals surface area contributed by atoms with Gasteiger partial charge in [-0.15, -0.1) is 11.3 Å². The Morgan fingerprint density at radius 1 is 1.71 bits per heavy atom. The van der Waals surface area contributed by atoms with Crippen molar-refractivity contribution >= 4 is 34.0 Å². The summed E-state index contributed by atoms with van der Waals surface area (Å²) in [6, 6.07) is 0. The number of rotatable bonds is 2. The SMILES string of the molecule is O=[N+]([O-])C=Cc1c(Cl)nc2sccn12. The molecular weight excluding hydrogens is 226 g/mol. The van der Waals surface area contributed by atoms with Gasteiger partial charge in [-0.05, 0) is 0 Å². The lowest BCUT2D eigenvalue weighted by Crippen LogP contribution is -1.85. The van der Waals surface area contributed by atoms with Crippen LogP contribution in [0.5, 0.6) is 0 Å². The van der Waals surface area contributed by atoms with E-state index in [0.29, 0.717) is 5.69 Å². The van der Waals surface area contributed by atoms with Crippen LogP contribution in [0.2, 0.25) is 5.15 Å². The Hall–Kier alpha value is -1.40. The van der Waals surface area contributed by atoms with E-state index in [-0.39, 0.29) is 5.15 Å². The van der Waals surface area contributed by atoms with Crippen LogP contribution in [0.3, 0.4) is 0 Å². The molecule has 0 amide bonds. The minimum atomic E-state index is -0.540. The van der Waals surface area contributed by atoms with E-state index in [4.69, 9.17) is 11.6 Å². The molecule has 0 aliphatic carbocycles. The molecule has 0 radical (unpaired) electrons. The number of imidazole rings is 1. The standard InChI is InChI=1S/C7H4ClN3O2S/c8-6-5(1-2-11(12)13)10-3-4-14-7(10)9-6/h1-4H. The van der Waals surface area contributed by atoms with Gasteiger partial charge in [-0.3, -0.25) is 14.5 Å². The molecule has 0 fully saturated rings. The van der Waals surface area contributed by atoms with Gasteiger partial charge in [-0.2, -0.15) is 0 Å².